The number of thiazole rings is 1. The summed E-state index contributed by atoms with van der Waals surface area (Å²) < 4.78 is 1.43. The molecule has 0 radical (unpaired) electrons. The standard InChI is InChI=1S/C20H17N11O8S3/c21-8-1-10(25-31-14(8)24-27-28-31)40-4-6-13(17(35)36)29-11(32)2-12(29)42-15(6)23-18(37)20(7(16(33)34)3-39-26-20)9-5-41-19(22)30(9)38/h1,3,5,12,15,22,26,38H,2,4,21H2,(H,23,37)(H,33,34)(H,35,36)/t12-,15?,20?/m0/s1. The number of amides is 2. The molecule has 3 aliphatic heterocycles. The molecule has 19 nitrogen and oxygen atoms in total. The lowest BCUT2D eigenvalue weighted by Gasteiger charge is -2.47. The molecular weight excluding hydrogens is 618 g/mol. The molecule has 42 heavy (non-hydrogen) atoms. The van der Waals surface area contributed by atoms with Crippen molar-refractivity contribution in [2.45, 2.75) is 27.7 Å². The molecule has 0 spiro atoms. The predicted octanol–water partition coefficient (Wildman–Crippen LogP) is -1.74. The third-order valence-corrected chi connectivity index (χ3v) is 9.59. The number of nitrogen functional groups attached to an aromatic ring is 1. The Morgan fingerprint density at radius 3 is 2.79 bits per heavy atom. The molecule has 22 heteroatoms. The highest BCUT2D eigenvalue weighted by molar-refractivity contribution is 8.01. The molecule has 3 atom stereocenters. The number of thioether (sulfide) groups is 2. The van der Waals surface area contributed by atoms with Crippen molar-refractivity contribution in [1.29, 1.82) is 5.41 Å². The summed E-state index contributed by atoms with van der Waals surface area (Å²) in [5.41, 5.74) is 5.24. The second-order valence-electron chi connectivity index (χ2n) is 8.85. The Kier molecular flexibility index (Phi) is 6.55. The molecule has 0 bridgehead atoms. The Morgan fingerprint density at radius 2 is 2.12 bits per heavy atom. The molecule has 1 fully saturated rings. The highest BCUT2D eigenvalue weighted by Gasteiger charge is 2.56. The summed E-state index contributed by atoms with van der Waals surface area (Å²) in [4.78, 5) is 56.7. The number of carboxylic acid groups (broad SMARTS) is 2. The highest BCUT2D eigenvalue weighted by Crippen LogP contribution is 2.45. The summed E-state index contributed by atoms with van der Waals surface area (Å²) in [6.07, 6.45) is 0.794. The van der Waals surface area contributed by atoms with Crippen LogP contribution in [0.2, 0.25) is 0 Å². The van der Waals surface area contributed by atoms with Crippen molar-refractivity contribution < 1.29 is 39.4 Å². The van der Waals surface area contributed by atoms with Crippen molar-refractivity contribution >= 4 is 69.9 Å². The van der Waals surface area contributed by atoms with Crippen LogP contribution in [-0.4, -0.2) is 90.6 Å². The second kappa shape index (κ2) is 10.0. The third kappa shape index (κ3) is 4.14. The summed E-state index contributed by atoms with van der Waals surface area (Å²) in [6.45, 7) is 0. The Balaban J connectivity index is 1.39. The number of carbonyl (C=O) groups excluding carboxylic acids is 2. The number of aromatic nitrogens is 6. The average molecular weight is 636 g/mol. The molecule has 3 aromatic rings. The maximum absolute atomic E-state index is 14.0. The van der Waals surface area contributed by atoms with E-state index in [4.69, 9.17) is 16.0 Å². The number of tetrazole rings is 1. The molecule has 2 unspecified atom stereocenters. The fraction of sp³-hybridized carbons (Fsp3) is 0.250. The van der Waals surface area contributed by atoms with Crippen molar-refractivity contribution in [3.05, 3.63) is 45.0 Å². The average Bonchev–Trinajstić information content (AvgIpc) is 3.67. The van der Waals surface area contributed by atoms with Crippen molar-refractivity contribution in [3.8, 4) is 0 Å². The van der Waals surface area contributed by atoms with E-state index in [0.717, 1.165) is 50.7 Å². The van der Waals surface area contributed by atoms with E-state index in [2.05, 4.69) is 31.4 Å². The van der Waals surface area contributed by atoms with Gasteiger partial charge in [0.25, 0.3) is 5.91 Å². The van der Waals surface area contributed by atoms with Crippen molar-refractivity contribution in [3.63, 3.8) is 0 Å². The van der Waals surface area contributed by atoms with Crippen LogP contribution in [0.3, 0.4) is 0 Å². The van der Waals surface area contributed by atoms with Gasteiger partial charge in [-0.15, -0.1) is 43.4 Å². The fourth-order valence-corrected chi connectivity index (χ4v) is 7.74. The van der Waals surface area contributed by atoms with Crippen LogP contribution >= 0.6 is 34.9 Å². The van der Waals surface area contributed by atoms with Crippen molar-refractivity contribution in [2.75, 3.05) is 11.5 Å². The fourth-order valence-electron chi connectivity index (χ4n) is 4.56. The first kappa shape index (κ1) is 27.5. The van der Waals surface area contributed by atoms with Crippen LogP contribution in [-0.2, 0) is 29.6 Å². The van der Waals surface area contributed by atoms with Crippen LogP contribution in [0.25, 0.3) is 5.65 Å². The summed E-state index contributed by atoms with van der Waals surface area (Å²) in [6, 6.07) is 1.48. The van der Waals surface area contributed by atoms with Gasteiger partial charge >= 0.3 is 11.9 Å². The largest absolute Gasteiger partial charge is 0.478 e. The molecule has 6 heterocycles. The minimum Gasteiger partial charge on any atom is -0.478 e. The quantitative estimate of drug-likeness (QED) is 0.0821. The van der Waals surface area contributed by atoms with Crippen LogP contribution in [0.15, 0.2) is 39.6 Å². The molecule has 3 aromatic heterocycles. The number of β-lactam (4-membered cyclic amide) rings is 1. The van der Waals surface area contributed by atoms with Crippen molar-refractivity contribution in [2.24, 2.45) is 0 Å². The van der Waals surface area contributed by atoms with Gasteiger partial charge in [0.2, 0.25) is 21.9 Å². The Morgan fingerprint density at radius 1 is 1.33 bits per heavy atom. The Bertz CT molecular complexity index is 1820. The number of nitrogens with one attached hydrogen (secondary N) is 3. The molecule has 0 aliphatic carbocycles. The molecule has 1 saturated heterocycles. The number of nitrogens with two attached hydrogens (primary N) is 1. The molecular formula is C20H17N11O8S3. The zero-order valence-corrected chi connectivity index (χ0v) is 23.1. The minimum atomic E-state index is -2.33. The van der Waals surface area contributed by atoms with Gasteiger partial charge in [0, 0.05) is 16.7 Å². The van der Waals surface area contributed by atoms with Gasteiger partial charge in [-0.05, 0) is 16.5 Å². The van der Waals surface area contributed by atoms with Gasteiger partial charge < -0.3 is 31.3 Å². The maximum atomic E-state index is 14.0. The predicted molar refractivity (Wildman–Crippen MR) is 140 cm³/mol. The monoisotopic (exact) mass is 635 g/mol. The lowest BCUT2D eigenvalue weighted by molar-refractivity contribution is -0.146. The minimum absolute atomic E-state index is 0.0124. The first-order valence-corrected chi connectivity index (χ1v) is 14.4. The lowest BCUT2D eigenvalue weighted by Crippen LogP contribution is -2.61. The number of nitrogens with zero attached hydrogens (tertiary/aromatic N) is 7. The zero-order chi connectivity index (χ0) is 29.9. The van der Waals surface area contributed by atoms with E-state index in [1.165, 1.54) is 11.4 Å². The van der Waals surface area contributed by atoms with E-state index in [1.807, 2.05) is 0 Å². The van der Waals surface area contributed by atoms with Gasteiger partial charge in [0.05, 0.1) is 17.5 Å². The van der Waals surface area contributed by atoms with E-state index >= 15 is 0 Å². The number of carboxylic acids is 2. The second-order valence-corrected chi connectivity index (χ2v) is 12.0. The molecule has 8 N–H and O–H groups in total. The topological polar surface area (TPSA) is 276 Å². The number of anilines is 1. The summed E-state index contributed by atoms with van der Waals surface area (Å²) >= 11 is 2.84. The molecule has 218 valence electrons. The number of hydroxylamine groups is 1. The Labute approximate surface area is 244 Å². The lowest BCUT2D eigenvalue weighted by atomic mass is 9.87. The smallest absolute Gasteiger partial charge is 0.352 e. The molecule has 2 amide bonds. The summed E-state index contributed by atoms with van der Waals surface area (Å²) in [7, 11) is 0. The van der Waals surface area contributed by atoms with Crippen LogP contribution in [0, 0.1) is 5.41 Å². The summed E-state index contributed by atoms with van der Waals surface area (Å²) in [5, 5.41) is 56.0. The number of rotatable bonds is 8. The Hall–Kier alpha value is -4.67. The van der Waals surface area contributed by atoms with E-state index in [1.54, 1.807) is 0 Å². The van der Waals surface area contributed by atoms with Gasteiger partial charge in [0.1, 0.15) is 33.6 Å². The summed E-state index contributed by atoms with van der Waals surface area (Å²) in [5.74, 6) is -4.53. The third-order valence-electron chi connectivity index (χ3n) is 6.54. The molecule has 6 rings (SSSR count). The van der Waals surface area contributed by atoms with Crippen molar-refractivity contribution in [1.82, 2.24) is 45.7 Å². The van der Waals surface area contributed by atoms with Gasteiger partial charge in [-0.25, -0.2) is 9.59 Å². The number of carbonyl (C=O) groups is 4. The first-order valence-electron chi connectivity index (χ1n) is 11.6. The SMILES string of the molecule is N=c1scc(C2(C(=O)NC3S[C@H]4CC(=O)N4C(C(=O)O)=C3CSc3cc(N)c4nnnn4n3)NOC=C2C(=O)O)n1O. The molecule has 3 aliphatic rings. The van der Waals surface area contributed by atoms with Gasteiger partial charge in [0.15, 0.2) is 0 Å². The van der Waals surface area contributed by atoms with Gasteiger partial charge in [-0.2, -0.15) is 4.73 Å². The van der Waals surface area contributed by atoms with Crippen LogP contribution in [0.5, 0.6) is 0 Å². The van der Waals surface area contributed by atoms with Crippen LogP contribution in [0.4, 0.5) is 5.69 Å². The number of fused-ring (bicyclic) bond motifs is 2. The molecule has 0 aromatic carbocycles. The van der Waals surface area contributed by atoms with Gasteiger partial charge in [-0.3, -0.25) is 19.9 Å². The van der Waals surface area contributed by atoms with Gasteiger partial charge in [-0.1, -0.05) is 11.8 Å². The maximum Gasteiger partial charge on any atom is 0.352 e. The molecule has 0 saturated carbocycles. The normalized spacial score (nSPS) is 23.3. The first-order chi connectivity index (χ1) is 20.0. The zero-order valence-electron chi connectivity index (χ0n) is 20.6. The number of aliphatic carboxylic acids is 2. The highest BCUT2D eigenvalue weighted by atomic mass is 32.2. The van der Waals surface area contributed by atoms with E-state index in [9.17, 15) is 34.6 Å². The number of hydrogen-bond donors (Lipinski definition) is 7. The van der Waals surface area contributed by atoms with E-state index in [0.29, 0.717) is 9.76 Å². The van der Waals surface area contributed by atoms with E-state index < -0.39 is 50.4 Å². The number of hydrogen-bond acceptors (Lipinski definition) is 16. The van der Waals surface area contributed by atoms with Crippen LogP contribution < -0.4 is 21.3 Å². The van der Waals surface area contributed by atoms with Crippen LogP contribution in [0.1, 0.15) is 12.1 Å². The van der Waals surface area contributed by atoms with E-state index in [-0.39, 0.29) is 40.5 Å².